The molecule has 1 aromatic carbocycles. The van der Waals surface area contributed by atoms with Crippen LogP contribution in [0.15, 0.2) is 22.1 Å². The number of hydrogen-bond acceptors (Lipinski definition) is 2. The van der Waals surface area contributed by atoms with Gasteiger partial charge in [0.15, 0.2) is 0 Å². The fourth-order valence-electron chi connectivity index (χ4n) is 1.22. The largest absolute Gasteiger partial charge is 0.229 e. The second kappa shape index (κ2) is 3.98. The van der Waals surface area contributed by atoms with Gasteiger partial charge in [-0.15, -0.1) is 11.3 Å². The molecule has 0 N–H and O–H groups in total. The number of thiazole rings is 1. The average Bonchev–Trinajstić information content (AvgIpc) is 2.59. The molecule has 0 aliphatic carbocycles. The molecule has 2 aromatic rings. The van der Waals surface area contributed by atoms with E-state index in [-0.39, 0.29) is 5.56 Å². The van der Waals surface area contributed by atoms with Gasteiger partial charge >= 0.3 is 0 Å². The minimum Gasteiger partial charge on any atom is -0.229 e. The minimum absolute atomic E-state index is 0.0503. The van der Waals surface area contributed by atoms with Crippen LogP contribution in [0.1, 0.15) is 5.56 Å². The van der Waals surface area contributed by atoms with Crippen molar-refractivity contribution >= 4 is 27.3 Å². The van der Waals surface area contributed by atoms with Crippen LogP contribution in [0.5, 0.6) is 0 Å². The highest BCUT2D eigenvalue weighted by molar-refractivity contribution is 9.10. The Morgan fingerprint density at radius 3 is 2.67 bits per heavy atom. The summed E-state index contributed by atoms with van der Waals surface area (Å²) in [6, 6.07) is 2.67. The molecule has 0 unspecified atom stereocenters. The van der Waals surface area contributed by atoms with Gasteiger partial charge in [0.1, 0.15) is 21.2 Å². The van der Waals surface area contributed by atoms with Gasteiger partial charge in [0.05, 0.1) is 5.56 Å². The number of aryl methyl sites for hydroxylation is 1. The molecule has 78 valence electrons. The Hall–Kier alpha value is -0.810. The molecular formula is C10H6BrF2NS. The maximum Gasteiger partial charge on any atom is 0.139 e. The van der Waals surface area contributed by atoms with Gasteiger partial charge in [0.2, 0.25) is 0 Å². The van der Waals surface area contributed by atoms with Crippen molar-refractivity contribution in [2.75, 3.05) is 0 Å². The van der Waals surface area contributed by atoms with Crippen LogP contribution in [-0.2, 0) is 0 Å². The van der Waals surface area contributed by atoms with Crippen molar-refractivity contribution in [3.63, 3.8) is 0 Å². The molecule has 0 bridgehead atoms. The third-order valence-electron chi connectivity index (χ3n) is 1.97. The molecule has 5 heteroatoms. The molecule has 0 spiro atoms. The number of aromatic nitrogens is 1. The number of halogens is 3. The molecule has 0 saturated heterocycles. The molecule has 0 saturated carbocycles. The molecule has 1 nitrogen and oxygen atoms in total. The summed E-state index contributed by atoms with van der Waals surface area (Å²) in [7, 11) is 0. The maximum atomic E-state index is 13.7. The zero-order valence-electron chi connectivity index (χ0n) is 7.72. The predicted molar refractivity (Wildman–Crippen MR) is 59.9 cm³/mol. The minimum atomic E-state index is -0.583. The summed E-state index contributed by atoms with van der Waals surface area (Å²) >= 11 is 4.35. The fourth-order valence-corrected chi connectivity index (χ4v) is 2.51. The summed E-state index contributed by atoms with van der Waals surface area (Å²) in [5.41, 5.74) is 0.364. The van der Waals surface area contributed by atoms with E-state index in [1.54, 1.807) is 12.3 Å². The summed E-state index contributed by atoms with van der Waals surface area (Å²) in [5, 5.41) is 2.04. The monoisotopic (exact) mass is 289 g/mol. The van der Waals surface area contributed by atoms with E-state index >= 15 is 0 Å². The molecule has 0 atom stereocenters. The predicted octanol–water partition coefficient (Wildman–Crippen LogP) is 4.16. The lowest BCUT2D eigenvalue weighted by molar-refractivity contribution is 0.583. The van der Waals surface area contributed by atoms with E-state index in [0.29, 0.717) is 15.2 Å². The number of rotatable bonds is 1. The van der Waals surface area contributed by atoms with Crippen molar-refractivity contribution in [3.05, 3.63) is 39.3 Å². The quantitative estimate of drug-likeness (QED) is 0.768. The van der Waals surface area contributed by atoms with Crippen LogP contribution in [-0.4, -0.2) is 4.98 Å². The van der Waals surface area contributed by atoms with Crippen LogP contribution >= 0.6 is 27.3 Å². The molecular weight excluding hydrogens is 284 g/mol. The summed E-state index contributed by atoms with van der Waals surface area (Å²) in [6.45, 7) is 1.60. The van der Waals surface area contributed by atoms with Crippen LogP contribution in [0.2, 0.25) is 0 Å². The van der Waals surface area contributed by atoms with Crippen molar-refractivity contribution in [1.82, 2.24) is 4.98 Å². The van der Waals surface area contributed by atoms with Crippen LogP contribution in [0.25, 0.3) is 10.6 Å². The van der Waals surface area contributed by atoms with Gasteiger partial charge in [-0.25, -0.2) is 13.8 Å². The molecule has 0 fully saturated rings. The molecule has 2 rings (SSSR count). The Bertz CT molecular complexity index is 510. The summed E-state index contributed by atoms with van der Waals surface area (Å²) in [6.07, 6.45) is 0. The SMILES string of the molecule is Cc1ccc(F)c(-c2nc(Br)cs2)c1F. The van der Waals surface area contributed by atoms with Gasteiger partial charge in [0.25, 0.3) is 0 Å². The summed E-state index contributed by atoms with van der Waals surface area (Å²) < 4.78 is 27.7. The Morgan fingerprint density at radius 1 is 1.33 bits per heavy atom. The summed E-state index contributed by atoms with van der Waals surface area (Å²) in [5.74, 6) is -1.13. The van der Waals surface area contributed by atoms with Crippen molar-refractivity contribution in [2.24, 2.45) is 0 Å². The standard InChI is InChI=1S/C10H6BrF2NS/c1-5-2-3-6(12)8(9(5)13)10-14-7(11)4-15-10/h2-4H,1H3. The fraction of sp³-hybridized carbons (Fsp3) is 0.100. The van der Waals surface area contributed by atoms with Crippen molar-refractivity contribution < 1.29 is 8.78 Å². The first kappa shape index (κ1) is 10.7. The van der Waals surface area contributed by atoms with E-state index in [4.69, 9.17) is 0 Å². The Labute approximate surface area is 97.9 Å². The van der Waals surface area contributed by atoms with Gasteiger partial charge in [-0.05, 0) is 34.5 Å². The summed E-state index contributed by atoms with van der Waals surface area (Å²) in [4.78, 5) is 4.00. The smallest absolute Gasteiger partial charge is 0.139 e. The number of benzene rings is 1. The first-order valence-electron chi connectivity index (χ1n) is 4.15. The van der Waals surface area contributed by atoms with Crippen LogP contribution in [0, 0.1) is 18.6 Å². The lowest BCUT2D eigenvalue weighted by Gasteiger charge is -2.03. The molecule has 0 aliphatic heterocycles. The maximum absolute atomic E-state index is 13.7. The third-order valence-corrected chi connectivity index (χ3v) is 3.54. The second-order valence-electron chi connectivity index (χ2n) is 3.03. The number of hydrogen-bond donors (Lipinski definition) is 0. The van der Waals surface area contributed by atoms with Gasteiger partial charge in [-0.2, -0.15) is 0 Å². The van der Waals surface area contributed by atoms with Crippen LogP contribution in [0.4, 0.5) is 8.78 Å². The topological polar surface area (TPSA) is 12.9 Å². The van der Waals surface area contributed by atoms with Crippen molar-refractivity contribution in [3.8, 4) is 10.6 Å². The Morgan fingerprint density at radius 2 is 2.07 bits per heavy atom. The highest BCUT2D eigenvalue weighted by Gasteiger charge is 2.16. The first-order valence-corrected chi connectivity index (χ1v) is 5.83. The molecule has 0 amide bonds. The van der Waals surface area contributed by atoms with E-state index in [0.717, 1.165) is 0 Å². The van der Waals surface area contributed by atoms with Gasteiger partial charge in [0, 0.05) is 5.38 Å². The van der Waals surface area contributed by atoms with E-state index in [9.17, 15) is 8.78 Å². The molecule has 0 aliphatic rings. The average molecular weight is 290 g/mol. The van der Waals surface area contributed by atoms with E-state index < -0.39 is 11.6 Å². The highest BCUT2D eigenvalue weighted by atomic mass is 79.9. The zero-order chi connectivity index (χ0) is 11.0. The lowest BCUT2D eigenvalue weighted by Crippen LogP contribution is -1.92. The lowest BCUT2D eigenvalue weighted by atomic mass is 10.1. The van der Waals surface area contributed by atoms with Crippen LogP contribution < -0.4 is 0 Å². The van der Waals surface area contributed by atoms with E-state index in [1.807, 2.05) is 0 Å². The third kappa shape index (κ3) is 1.94. The van der Waals surface area contributed by atoms with Crippen molar-refractivity contribution in [1.29, 1.82) is 0 Å². The molecule has 15 heavy (non-hydrogen) atoms. The molecule has 0 radical (unpaired) electrons. The van der Waals surface area contributed by atoms with Crippen molar-refractivity contribution in [2.45, 2.75) is 6.92 Å². The van der Waals surface area contributed by atoms with Gasteiger partial charge < -0.3 is 0 Å². The van der Waals surface area contributed by atoms with E-state index in [2.05, 4.69) is 20.9 Å². The normalized spacial score (nSPS) is 10.7. The zero-order valence-corrected chi connectivity index (χ0v) is 10.1. The van der Waals surface area contributed by atoms with Crippen LogP contribution in [0.3, 0.4) is 0 Å². The first-order chi connectivity index (χ1) is 7.09. The molecule has 1 heterocycles. The van der Waals surface area contributed by atoms with Gasteiger partial charge in [-0.3, -0.25) is 0 Å². The van der Waals surface area contributed by atoms with E-state index in [1.165, 1.54) is 23.5 Å². The Kier molecular flexibility index (Phi) is 2.84. The molecule has 1 aromatic heterocycles. The highest BCUT2D eigenvalue weighted by Crippen LogP contribution is 2.31. The van der Waals surface area contributed by atoms with Gasteiger partial charge in [-0.1, -0.05) is 6.07 Å². The number of nitrogens with zero attached hydrogens (tertiary/aromatic N) is 1. The Balaban J connectivity index is 2.66. The second-order valence-corrected chi connectivity index (χ2v) is 4.70.